The zero-order valence-electron chi connectivity index (χ0n) is 7.24. The van der Waals surface area contributed by atoms with E-state index in [1.54, 1.807) is 0 Å². The van der Waals surface area contributed by atoms with Crippen LogP contribution >= 0.6 is 56.7 Å². The molecular weight excluding hydrogens is 355 g/mol. The number of benzene rings is 1. The lowest BCUT2D eigenvalue weighted by Crippen LogP contribution is -2.20. The first-order valence-electron chi connectivity index (χ1n) is 3.55. The summed E-state index contributed by atoms with van der Waals surface area (Å²) in [5.41, 5.74) is 12.3. The van der Waals surface area contributed by atoms with Gasteiger partial charge in [0.2, 0.25) is 0 Å². The Kier molecular flexibility index (Phi) is 9.65. The van der Waals surface area contributed by atoms with Crippen molar-refractivity contribution in [2.24, 2.45) is 11.5 Å². The Morgan fingerprint density at radius 2 is 1.50 bits per heavy atom. The van der Waals surface area contributed by atoms with Crippen LogP contribution in [0.25, 0.3) is 0 Å². The molecule has 1 rings (SSSR count). The lowest BCUT2D eigenvalue weighted by molar-refractivity contribution is 0.736. The van der Waals surface area contributed by atoms with Gasteiger partial charge in [0, 0.05) is 21.5 Å². The molecule has 0 aliphatic rings. The van der Waals surface area contributed by atoms with Crippen LogP contribution in [0.2, 0.25) is 0 Å². The van der Waals surface area contributed by atoms with E-state index in [1.807, 2.05) is 18.2 Å². The van der Waals surface area contributed by atoms with Gasteiger partial charge in [-0.1, -0.05) is 31.9 Å². The van der Waals surface area contributed by atoms with Gasteiger partial charge < -0.3 is 11.5 Å². The molecule has 0 amide bonds. The van der Waals surface area contributed by atoms with Crippen molar-refractivity contribution in [3.63, 3.8) is 0 Å². The van der Waals surface area contributed by atoms with Crippen LogP contribution in [0, 0.1) is 0 Å². The van der Waals surface area contributed by atoms with Crippen LogP contribution in [0.3, 0.4) is 0 Å². The van der Waals surface area contributed by atoms with Crippen LogP contribution in [-0.2, 0) is 0 Å². The van der Waals surface area contributed by atoms with Crippen LogP contribution in [0.1, 0.15) is 11.6 Å². The van der Waals surface area contributed by atoms with Crippen molar-refractivity contribution < 1.29 is 0 Å². The van der Waals surface area contributed by atoms with E-state index < -0.39 is 0 Å². The lowest BCUT2D eigenvalue weighted by atomic mass is 10.1. The molecule has 0 saturated carbocycles. The predicted octanol–water partition coefficient (Wildman–Crippen LogP) is 3.01. The normalized spacial score (nSPS) is 11.1. The molecular formula is C8H12Br2Cl2N2. The van der Waals surface area contributed by atoms with Gasteiger partial charge in [0.1, 0.15) is 0 Å². The molecule has 1 unspecified atom stereocenters. The van der Waals surface area contributed by atoms with Crippen LogP contribution in [0.4, 0.5) is 0 Å². The molecule has 82 valence electrons. The van der Waals surface area contributed by atoms with E-state index in [1.165, 1.54) is 0 Å². The van der Waals surface area contributed by atoms with Gasteiger partial charge in [-0.2, -0.15) is 0 Å². The molecule has 0 spiro atoms. The molecule has 0 aliphatic carbocycles. The van der Waals surface area contributed by atoms with E-state index in [4.69, 9.17) is 11.5 Å². The van der Waals surface area contributed by atoms with Gasteiger partial charge in [-0.3, -0.25) is 0 Å². The summed E-state index contributed by atoms with van der Waals surface area (Å²) < 4.78 is 2.02. The molecule has 0 radical (unpaired) electrons. The van der Waals surface area contributed by atoms with E-state index in [-0.39, 0.29) is 30.9 Å². The molecule has 2 nitrogen and oxygen atoms in total. The van der Waals surface area contributed by atoms with Crippen LogP contribution in [-0.4, -0.2) is 6.54 Å². The lowest BCUT2D eigenvalue weighted by Gasteiger charge is -2.09. The number of hydrogen-bond donors (Lipinski definition) is 2. The maximum atomic E-state index is 5.77. The second-order valence-electron chi connectivity index (χ2n) is 2.54. The summed E-state index contributed by atoms with van der Waals surface area (Å²) >= 11 is 6.77. The molecule has 0 aromatic heterocycles. The molecule has 0 heterocycles. The Labute approximate surface area is 113 Å². The highest BCUT2D eigenvalue weighted by atomic mass is 79.9. The van der Waals surface area contributed by atoms with E-state index in [0.29, 0.717) is 6.54 Å². The second-order valence-corrected chi connectivity index (χ2v) is 4.38. The first-order valence-corrected chi connectivity index (χ1v) is 5.13. The van der Waals surface area contributed by atoms with Gasteiger partial charge in [0.25, 0.3) is 0 Å². The highest BCUT2D eigenvalue weighted by Crippen LogP contribution is 2.22. The van der Waals surface area contributed by atoms with Crippen molar-refractivity contribution in [1.82, 2.24) is 0 Å². The summed E-state index contributed by atoms with van der Waals surface area (Å²) in [6.45, 7) is 0.461. The summed E-state index contributed by atoms with van der Waals surface area (Å²) in [5, 5.41) is 0. The number of hydrogen-bond acceptors (Lipinski definition) is 2. The average Bonchev–Trinajstić information content (AvgIpc) is 2.01. The molecule has 0 saturated heterocycles. The largest absolute Gasteiger partial charge is 0.329 e. The highest BCUT2D eigenvalue weighted by molar-refractivity contribution is 9.11. The van der Waals surface area contributed by atoms with Crippen molar-refractivity contribution in [3.8, 4) is 0 Å². The molecule has 6 heteroatoms. The third-order valence-corrected chi connectivity index (χ3v) is 2.48. The SMILES string of the molecule is Cl.Cl.NCC(N)c1cc(Br)cc(Br)c1. The molecule has 0 fully saturated rings. The summed E-state index contributed by atoms with van der Waals surface area (Å²) in [6, 6.07) is 5.83. The van der Waals surface area contributed by atoms with Gasteiger partial charge in [0.05, 0.1) is 0 Å². The molecule has 4 N–H and O–H groups in total. The summed E-state index contributed by atoms with van der Waals surface area (Å²) in [7, 11) is 0. The summed E-state index contributed by atoms with van der Waals surface area (Å²) in [4.78, 5) is 0. The van der Waals surface area contributed by atoms with Crippen molar-refractivity contribution in [2.75, 3.05) is 6.54 Å². The Morgan fingerprint density at radius 3 is 1.86 bits per heavy atom. The van der Waals surface area contributed by atoms with Crippen LogP contribution in [0.5, 0.6) is 0 Å². The zero-order chi connectivity index (χ0) is 9.14. The predicted molar refractivity (Wildman–Crippen MR) is 72.3 cm³/mol. The Bertz CT molecular complexity index is 264. The number of rotatable bonds is 2. The van der Waals surface area contributed by atoms with Crippen molar-refractivity contribution >= 4 is 56.7 Å². The highest BCUT2D eigenvalue weighted by Gasteiger charge is 2.04. The van der Waals surface area contributed by atoms with Crippen LogP contribution < -0.4 is 11.5 Å². The topological polar surface area (TPSA) is 52.0 Å². The maximum Gasteiger partial charge on any atom is 0.0420 e. The quantitative estimate of drug-likeness (QED) is 0.845. The average molecular weight is 367 g/mol. The molecule has 1 aromatic carbocycles. The van der Waals surface area contributed by atoms with E-state index >= 15 is 0 Å². The van der Waals surface area contributed by atoms with Crippen LogP contribution in [0.15, 0.2) is 27.1 Å². The maximum absolute atomic E-state index is 5.77. The minimum Gasteiger partial charge on any atom is -0.329 e. The smallest absolute Gasteiger partial charge is 0.0420 e. The van der Waals surface area contributed by atoms with Gasteiger partial charge in [-0.25, -0.2) is 0 Å². The molecule has 0 aliphatic heterocycles. The van der Waals surface area contributed by atoms with E-state index in [0.717, 1.165) is 14.5 Å². The fourth-order valence-electron chi connectivity index (χ4n) is 0.925. The Morgan fingerprint density at radius 1 is 1.07 bits per heavy atom. The summed E-state index contributed by atoms with van der Waals surface area (Å²) in [5.74, 6) is 0. The number of nitrogens with two attached hydrogens (primary N) is 2. The van der Waals surface area contributed by atoms with Crippen molar-refractivity contribution in [2.45, 2.75) is 6.04 Å². The Hall–Kier alpha value is 0.680. The molecule has 1 atom stereocenters. The third kappa shape index (κ3) is 4.96. The fourth-order valence-corrected chi connectivity index (χ4v) is 2.25. The minimum atomic E-state index is -0.0844. The van der Waals surface area contributed by atoms with Gasteiger partial charge in [0.15, 0.2) is 0 Å². The second kappa shape index (κ2) is 7.91. The minimum absolute atomic E-state index is 0. The molecule has 0 bridgehead atoms. The fraction of sp³-hybridized carbons (Fsp3) is 0.250. The van der Waals surface area contributed by atoms with Gasteiger partial charge in [-0.05, 0) is 23.8 Å². The third-order valence-electron chi connectivity index (χ3n) is 1.57. The monoisotopic (exact) mass is 364 g/mol. The first-order chi connectivity index (χ1) is 5.63. The van der Waals surface area contributed by atoms with Crippen molar-refractivity contribution in [1.29, 1.82) is 0 Å². The standard InChI is InChI=1S/C8H10Br2N2.2ClH/c9-6-1-5(8(12)4-11)2-7(10)3-6;;/h1-3,8H,4,11-12H2;2*1H. The van der Waals surface area contributed by atoms with E-state index in [9.17, 15) is 0 Å². The van der Waals surface area contributed by atoms with Gasteiger partial charge in [-0.15, -0.1) is 24.8 Å². The molecule has 1 aromatic rings. The van der Waals surface area contributed by atoms with Gasteiger partial charge >= 0.3 is 0 Å². The summed E-state index contributed by atoms with van der Waals surface area (Å²) in [6.07, 6.45) is 0. The first kappa shape index (κ1) is 17.1. The Balaban J connectivity index is 0. The molecule has 14 heavy (non-hydrogen) atoms. The number of halogens is 4. The van der Waals surface area contributed by atoms with Crippen molar-refractivity contribution in [3.05, 3.63) is 32.7 Å². The van der Waals surface area contributed by atoms with E-state index in [2.05, 4.69) is 31.9 Å². The zero-order valence-corrected chi connectivity index (χ0v) is 12.0.